The number of phenols is 1. The second-order valence-corrected chi connectivity index (χ2v) is 6.33. The third-order valence-corrected chi connectivity index (χ3v) is 4.44. The van der Waals surface area contributed by atoms with Gasteiger partial charge in [0.15, 0.2) is 0 Å². The first kappa shape index (κ1) is 18.1. The van der Waals surface area contributed by atoms with Crippen LogP contribution in [-0.4, -0.2) is 19.6 Å². The summed E-state index contributed by atoms with van der Waals surface area (Å²) in [5.41, 5.74) is 1.64. The fourth-order valence-corrected chi connectivity index (χ4v) is 2.99. The highest BCUT2D eigenvalue weighted by Gasteiger charge is 2.11. The maximum Gasteiger partial charge on any atom is 0.269 e. The molecule has 0 atom stereocenters. The van der Waals surface area contributed by atoms with Gasteiger partial charge in [-0.3, -0.25) is 19.5 Å². The first-order valence-corrected chi connectivity index (χ1v) is 8.77. The molecule has 1 heterocycles. The summed E-state index contributed by atoms with van der Waals surface area (Å²) in [5, 5.41) is 20.8. The molecule has 0 fully saturated rings. The minimum absolute atomic E-state index is 0.00646. The average molecular weight is 385 g/mol. The second kappa shape index (κ2) is 7.40. The number of phenolic OH excluding ortho intramolecular Hbond substituents is 1. The minimum atomic E-state index is -0.457. The van der Waals surface area contributed by atoms with Crippen LogP contribution in [0.1, 0.15) is 11.4 Å². The van der Waals surface area contributed by atoms with E-state index in [4.69, 9.17) is 0 Å². The van der Waals surface area contributed by atoms with Crippen molar-refractivity contribution >= 4 is 28.7 Å². The minimum Gasteiger partial charge on any atom is -0.508 e. The molecule has 0 saturated heterocycles. The van der Waals surface area contributed by atoms with Crippen molar-refractivity contribution in [2.24, 2.45) is 0 Å². The number of hydrogen-bond acceptors (Lipinski definition) is 5. The Balaban J connectivity index is 1.86. The van der Waals surface area contributed by atoms with Gasteiger partial charge in [-0.05, 0) is 60.2 Å². The van der Waals surface area contributed by atoms with Gasteiger partial charge in [0, 0.05) is 12.1 Å². The molecule has 0 radical (unpaired) electrons. The van der Waals surface area contributed by atoms with Crippen LogP contribution < -0.4 is 5.56 Å². The normalized spacial score (nSPS) is 11.2. The molecule has 142 valence electrons. The number of non-ortho nitro benzene ring substituents is 1. The van der Waals surface area contributed by atoms with Gasteiger partial charge in [-0.1, -0.05) is 18.2 Å². The fraction of sp³-hybridized carbons (Fsp3) is 0. The molecule has 7 nitrogen and oxygen atoms in total. The van der Waals surface area contributed by atoms with Crippen molar-refractivity contribution in [2.75, 3.05) is 0 Å². The molecule has 0 saturated carbocycles. The van der Waals surface area contributed by atoms with Crippen LogP contribution in [0, 0.1) is 10.1 Å². The number of nitro benzene ring substituents is 1. The molecule has 4 aromatic rings. The van der Waals surface area contributed by atoms with Gasteiger partial charge < -0.3 is 5.11 Å². The molecule has 0 aliphatic heterocycles. The number of nitro groups is 1. The number of nitrogens with zero attached hydrogens (tertiary/aromatic N) is 3. The highest BCUT2D eigenvalue weighted by Crippen LogP contribution is 2.18. The molecule has 29 heavy (non-hydrogen) atoms. The summed E-state index contributed by atoms with van der Waals surface area (Å²) in [4.78, 5) is 28.1. The predicted molar refractivity (Wildman–Crippen MR) is 111 cm³/mol. The van der Waals surface area contributed by atoms with Gasteiger partial charge in [-0.15, -0.1) is 0 Å². The number of rotatable bonds is 4. The third kappa shape index (κ3) is 3.61. The van der Waals surface area contributed by atoms with E-state index in [1.807, 2.05) is 6.07 Å². The van der Waals surface area contributed by atoms with Crippen molar-refractivity contribution in [2.45, 2.75) is 0 Å². The van der Waals surface area contributed by atoms with E-state index in [0.717, 1.165) is 5.56 Å². The summed E-state index contributed by atoms with van der Waals surface area (Å²) < 4.78 is 1.46. The lowest BCUT2D eigenvalue weighted by atomic mass is 10.2. The smallest absolute Gasteiger partial charge is 0.269 e. The highest BCUT2D eigenvalue weighted by molar-refractivity contribution is 5.80. The van der Waals surface area contributed by atoms with Gasteiger partial charge in [0.1, 0.15) is 11.6 Å². The van der Waals surface area contributed by atoms with Gasteiger partial charge in [-0.25, -0.2) is 4.98 Å². The molecule has 0 bridgehead atoms. The van der Waals surface area contributed by atoms with Crippen molar-refractivity contribution in [1.82, 2.24) is 9.55 Å². The van der Waals surface area contributed by atoms with Crippen molar-refractivity contribution in [1.29, 1.82) is 0 Å². The first-order chi connectivity index (χ1) is 14.0. The van der Waals surface area contributed by atoms with Crippen LogP contribution in [0.4, 0.5) is 5.69 Å². The highest BCUT2D eigenvalue weighted by atomic mass is 16.6. The first-order valence-electron chi connectivity index (χ1n) is 8.77. The van der Waals surface area contributed by atoms with E-state index in [-0.39, 0.29) is 17.0 Å². The van der Waals surface area contributed by atoms with E-state index < -0.39 is 4.92 Å². The number of aromatic hydroxyl groups is 1. The zero-order valence-electron chi connectivity index (χ0n) is 15.1. The van der Waals surface area contributed by atoms with Gasteiger partial charge in [0.2, 0.25) is 0 Å². The summed E-state index contributed by atoms with van der Waals surface area (Å²) in [6.45, 7) is 0. The Kier molecular flexibility index (Phi) is 4.62. The van der Waals surface area contributed by atoms with Gasteiger partial charge in [0.05, 0.1) is 21.5 Å². The van der Waals surface area contributed by atoms with Gasteiger partial charge in [0.25, 0.3) is 11.2 Å². The Labute approximate surface area is 165 Å². The fourth-order valence-electron chi connectivity index (χ4n) is 2.99. The van der Waals surface area contributed by atoms with Gasteiger partial charge in [-0.2, -0.15) is 0 Å². The number of para-hydroxylation sites is 1. The van der Waals surface area contributed by atoms with Crippen LogP contribution >= 0.6 is 0 Å². The molecule has 7 heteroatoms. The molecule has 3 aromatic carbocycles. The molecule has 0 unspecified atom stereocenters. The molecule has 0 amide bonds. The molecule has 4 rings (SSSR count). The lowest BCUT2D eigenvalue weighted by Gasteiger charge is -2.11. The third-order valence-electron chi connectivity index (χ3n) is 4.44. The maximum atomic E-state index is 13.1. The van der Waals surface area contributed by atoms with E-state index in [1.165, 1.54) is 28.8 Å². The summed E-state index contributed by atoms with van der Waals surface area (Å²) >= 11 is 0. The number of hydrogen-bond donors (Lipinski definition) is 1. The van der Waals surface area contributed by atoms with Gasteiger partial charge >= 0.3 is 0 Å². The van der Waals surface area contributed by atoms with Crippen LogP contribution in [0.3, 0.4) is 0 Å². The molecule has 1 N–H and O–H groups in total. The average Bonchev–Trinajstić information content (AvgIpc) is 2.73. The quantitative estimate of drug-likeness (QED) is 0.420. The number of benzene rings is 3. The zero-order valence-corrected chi connectivity index (χ0v) is 15.1. The van der Waals surface area contributed by atoms with Crippen LogP contribution in [0.25, 0.3) is 28.7 Å². The van der Waals surface area contributed by atoms with Crippen LogP contribution in [-0.2, 0) is 0 Å². The Morgan fingerprint density at radius 3 is 2.31 bits per heavy atom. The molecular formula is C22H15N3O4. The molecule has 0 aliphatic rings. The zero-order chi connectivity index (χ0) is 20.4. The van der Waals surface area contributed by atoms with E-state index in [0.29, 0.717) is 22.4 Å². The van der Waals surface area contributed by atoms with Crippen LogP contribution in [0.15, 0.2) is 77.6 Å². The van der Waals surface area contributed by atoms with E-state index in [9.17, 15) is 20.0 Å². The Morgan fingerprint density at radius 2 is 1.62 bits per heavy atom. The maximum absolute atomic E-state index is 13.1. The number of fused-ring (bicyclic) bond motifs is 1. The molecule has 1 aromatic heterocycles. The van der Waals surface area contributed by atoms with Crippen molar-refractivity contribution in [3.63, 3.8) is 0 Å². The molecular weight excluding hydrogens is 370 g/mol. The molecule has 0 spiro atoms. The van der Waals surface area contributed by atoms with E-state index in [2.05, 4.69) is 4.98 Å². The molecule has 0 aliphatic carbocycles. The summed E-state index contributed by atoms with van der Waals surface area (Å²) in [5.74, 6) is 0.497. The monoisotopic (exact) mass is 385 g/mol. The summed E-state index contributed by atoms with van der Waals surface area (Å²) in [6, 6.07) is 19.4. The van der Waals surface area contributed by atoms with E-state index >= 15 is 0 Å². The Hall–Kier alpha value is -4.26. The summed E-state index contributed by atoms with van der Waals surface area (Å²) in [6.07, 6.45) is 3.42. The van der Waals surface area contributed by atoms with Crippen molar-refractivity contribution < 1.29 is 10.0 Å². The lowest BCUT2D eigenvalue weighted by molar-refractivity contribution is -0.384. The SMILES string of the molecule is O=c1c2ccccc2nc(C=Cc2ccc([N+](=O)[O-])cc2)n1-c1ccc(O)cc1. The largest absolute Gasteiger partial charge is 0.508 e. The van der Waals surface area contributed by atoms with Crippen molar-refractivity contribution in [3.05, 3.63) is 105 Å². The topological polar surface area (TPSA) is 98.3 Å². The Bertz CT molecular complexity index is 1290. The summed E-state index contributed by atoms with van der Waals surface area (Å²) in [7, 11) is 0. The predicted octanol–water partition coefficient (Wildman–Crippen LogP) is 4.17. The van der Waals surface area contributed by atoms with E-state index in [1.54, 1.807) is 54.6 Å². The van der Waals surface area contributed by atoms with Crippen LogP contribution in [0.2, 0.25) is 0 Å². The standard InChI is InChI=1S/C22H15N3O4/c26-18-12-10-16(11-13-18)24-21(23-20-4-2-1-3-19(20)22(24)27)14-7-15-5-8-17(9-6-15)25(28)29/h1-14,26H. The van der Waals surface area contributed by atoms with Crippen molar-refractivity contribution in [3.8, 4) is 11.4 Å². The number of aromatic nitrogens is 2. The Morgan fingerprint density at radius 1 is 0.931 bits per heavy atom. The van der Waals surface area contributed by atoms with Crippen LogP contribution in [0.5, 0.6) is 5.75 Å². The lowest BCUT2D eigenvalue weighted by Crippen LogP contribution is -2.22. The second-order valence-electron chi connectivity index (χ2n) is 6.33.